The van der Waals surface area contributed by atoms with E-state index in [1.54, 1.807) is 13.8 Å². The summed E-state index contributed by atoms with van der Waals surface area (Å²) in [6, 6.07) is 11.8. The molecule has 0 N–H and O–H groups in total. The van der Waals surface area contributed by atoms with Crippen LogP contribution in [0.25, 0.3) is 11.1 Å². The third-order valence-electron chi connectivity index (χ3n) is 3.98. The molecule has 0 spiro atoms. The second kappa shape index (κ2) is 4.71. The zero-order chi connectivity index (χ0) is 14.3. The van der Waals surface area contributed by atoms with Crippen molar-refractivity contribution in [3.63, 3.8) is 0 Å². The Morgan fingerprint density at radius 1 is 0.750 bits per heavy atom. The number of hydrogen-bond donors (Lipinski definition) is 0. The normalized spacial score (nSPS) is 12.5. The van der Waals surface area contributed by atoms with Crippen molar-refractivity contribution < 1.29 is 9.59 Å². The van der Waals surface area contributed by atoms with Crippen LogP contribution < -0.4 is 0 Å². The lowest BCUT2D eigenvalue weighted by Gasteiger charge is -2.21. The van der Waals surface area contributed by atoms with Crippen LogP contribution in [0.1, 0.15) is 45.7 Å². The van der Waals surface area contributed by atoms with Crippen molar-refractivity contribution >= 4 is 11.6 Å². The zero-order valence-corrected chi connectivity index (χ0v) is 11.7. The van der Waals surface area contributed by atoms with E-state index < -0.39 is 0 Å². The Balaban J connectivity index is 2.12. The first kappa shape index (κ1) is 12.8. The minimum absolute atomic E-state index is 0.102. The van der Waals surface area contributed by atoms with Gasteiger partial charge >= 0.3 is 0 Å². The molecule has 1 aliphatic rings. The molecule has 2 aromatic rings. The van der Waals surface area contributed by atoms with Gasteiger partial charge in [0.25, 0.3) is 0 Å². The van der Waals surface area contributed by atoms with Crippen LogP contribution in [0.3, 0.4) is 0 Å². The quantitative estimate of drug-likeness (QED) is 0.772. The van der Waals surface area contributed by atoms with Gasteiger partial charge in [-0.2, -0.15) is 0 Å². The molecule has 0 bridgehead atoms. The molecule has 100 valence electrons. The number of aryl methyl sites for hydroxylation is 2. The van der Waals surface area contributed by atoms with Gasteiger partial charge < -0.3 is 0 Å². The minimum Gasteiger partial charge on any atom is -0.295 e. The highest BCUT2D eigenvalue weighted by Crippen LogP contribution is 2.34. The molecule has 2 heteroatoms. The summed E-state index contributed by atoms with van der Waals surface area (Å²) in [5, 5.41) is 0. The second-order valence-electron chi connectivity index (χ2n) is 5.36. The molecule has 0 unspecified atom stereocenters. The second-order valence-corrected chi connectivity index (χ2v) is 5.36. The molecule has 20 heavy (non-hydrogen) atoms. The Morgan fingerprint density at radius 2 is 1.15 bits per heavy atom. The lowest BCUT2D eigenvalue weighted by atomic mass is 9.83. The third kappa shape index (κ3) is 2.07. The van der Waals surface area contributed by atoms with Crippen LogP contribution in [-0.4, -0.2) is 11.6 Å². The van der Waals surface area contributed by atoms with Crippen molar-refractivity contribution in [2.45, 2.75) is 26.7 Å². The van der Waals surface area contributed by atoms with Crippen LogP contribution in [0.15, 0.2) is 36.4 Å². The lowest BCUT2D eigenvalue weighted by Crippen LogP contribution is -2.07. The van der Waals surface area contributed by atoms with Gasteiger partial charge in [0.15, 0.2) is 11.6 Å². The predicted octanol–water partition coefficient (Wildman–Crippen LogP) is 3.86. The fourth-order valence-corrected chi connectivity index (χ4v) is 2.83. The summed E-state index contributed by atoms with van der Waals surface area (Å²) in [5.74, 6) is 0.205. The minimum atomic E-state index is 0.102. The largest absolute Gasteiger partial charge is 0.295 e. The maximum absolute atomic E-state index is 11.5. The summed E-state index contributed by atoms with van der Waals surface area (Å²) in [5.41, 5.74) is 6.36. The molecule has 0 saturated heterocycles. The van der Waals surface area contributed by atoms with E-state index in [1.807, 2.05) is 36.4 Å². The maximum Gasteiger partial charge on any atom is 0.159 e. The van der Waals surface area contributed by atoms with Crippen molar-refractivity contribution in [3.8, 4) is 11.1 Å². The maximum atomic E-state index is 11.5. The molecule has 2 nitrogen and oxygen atoms in total. The first-order valence-electron chi connectivity index (χ1n) is 6.84. The topological polar surface area (TPSA) is 34.1 Å². The summed E-state index contributed by atoms with van der Waals surface area (Å²) in [6.07, 6.45) is 1.84. The van der Waals surface area contributed by atoms with Crippen molar-refractivity contribution in [1.82, 2.24) is 0 Å². The smallest absolute Gasteiger partial charge is 0.159 e. The first-order valence-corrected chi connectivity index (χ1v) is 6.84. The van der Waals surface area contributed by atoms with E-state index in [0.29, 0.717) is 0 Å². The van der Waals surface area contributed by atoms with Crippen LogP contribution in [0.5, 0.6) is 0 Å². The van der Waals surface area contributed by atoms with Crippen molar-refractivity contribution in [2.75, 3.05) is 0 Å². The molecule has 0 aromatic heterocycles. The van der Waals surface area contributed by atoms with Crippen LogP contribution >= 0.6 is 0 Å². The standard InChI is InChI=1S/C18H16O2/c1-11(19)13-5-7-17-15(9-13)3-4-16-10-14(12(2)20)6-8-18(16)17/h5-10H,3-4H2,1-2H3. The number of Topliss-reactive ketones (excluding diaryl/α,β-unsaturated/α-hetero) is 2. The Morgan fingerprint density at radius 3 is 1.50 bits per heavy atom. The Hall–Kier alpha value is -2.22. The Bertz CT molecular complexity index is 663. The molecule has 2 aromatic carbocycles. The van der Waals surface area contributed by atoms with Gasteiger partial charge in [-0.05, 0) is 61.1 Å². The van der Waals surface area contributed by atoms with Crippen LogP contribution in [0.2, 0.25) is 0 Å². The SMILES string of the molecule is CC(=O)c1ccc2c(c1)CCc1cc(C(C)=O)ccc1-2. The predicted molar refractivity (Wildman–Crippen MR) is 79.3 cm³/mol. The summed E-state index contributed by atoms with van der Waals surface area (Å²) < 4.78 is 0. The summed E-state index contributed by atoms with van der Waals surface area (Å²) in [4.78, 5) is 22.9. The van der Waals surface area contributed by atoms with Crippen molar-refractivity contribution in [2.24, 2.45) is 0 Å². The van der Waals surface area contributed by atoms with Gasteiger partial charge in [0.2, 0.25) is 0 Å². The highest BCUT2D eigenvalue weighted by atomic mass is 16.1. The van der Waals surface area contributed by atoms with Crippen molar-refractivity contribution in [1.29, 1.82) is 0 Å². The van der Waals surface area contributed by atoms with Gasteiger partial charge in [-0.15, -0.1) is 0 Å². The Labute approximate surface area is 118 Å². The number of fused-ring (bicyclic) bond motifs is 3. The average Bonchev–Trinajstić information content (AvgIpc) is 2.45. The number of hydrogen-bond acceptors (Lipinski definition) is 2. The van der Waals surface area contributed by atoms with Gasteiger partial charge in [0, 0.05) is 11.1 Å². The monoisotopic (exact) mass is 264 g/mol. The van der Waals surface area contributed by atoms with Crippen LogP contribution in [0, 0.1) is 0 Å². The van der Waals surface area contributed by atoms with Gasteiger partial charge in [-0.1, -0.05) is 24.3 Å². The highest BCUT2D eigenvalue weighted by molar-refractivity contribution is 5.96. The van der Waals surface area contributed by atoms with E-state index in [-0.39, 0.29) is 11.6 Å². The van der Waals surface area contributed by atoms with E-state index >= 15 is 0 Å². The molecule has 0 fully saturated rings. The molecular weight excluding hydrogens is 248 g/mol. The number of benzene rings is 2. The van der Waals surface area contributed by atoms with Crippen LogP contribution in [-0.2, 0) is 12.8 Å². The fraction of sp³-hybridized carbons (Fsp3) is 0.222. The van der Waals surface area contributed by atoms with Gasteiger partial charge in [-0.3, -0.25) is 9.59 Å². The molecule has 0 heterocycles. The third-order valence-corrected chi connectivity index (χ3v) is 3.98. The number of carbonyl (C=O) groups is 2. The van der Waals surface area contributed by atoms with E-state index in [2.05, 4.69) is 0 Å². The molecule has 0 amide bonds. The molecule has 3 rings (SSSR count). The number of ketones is 2. The molecular formula is C18H16O2. The zero-order valence-electron chi connectivity index (χ0n) is 11.7. The summed E-state index contributed by atoms with van der Waals surface area (Å²) in [7, 11) is 0. The van der Waals surface area contributed by atoms with Crippen LogP contribution in [0.4, 0.5) is 0 Å². The van der Waals surface area contributed by atoms with Gasteiger partial charge in [-0.25, -0.2) is 0 Å². The van der Waals surface area contributed by atoms with E-state index in [9.17, 15) is 9.59 Å². The van der Waals surface area contributed by atoms with Gasteiger partial charge in [0.05, 0.1) is 0 Å². The summed E-state index contributed by atoms with van der Waals surface area (Å²) in [6.45, 7) is 3.19. The van der Waals surface area contributed by atoms with Crippen molar-refractivity contribution in [3.05, 3.63) is 58.7 Å². The fourth-order valence-electron chi connectivity index (χ4n) is 2.83. The first-order chi connectivity index (χ1) is 9.56. The summed E-state index contributed by atoms with van der Waals surface area (Å²) >= 11 is 0. The highest BCUT2D eigenvalue weighted by Gasteiger charge is 2.17. The van der Waals surface area contributed by atoms with E-state index in [0.717, 1.165) is 24.0 Å². The lowest BCUT2D eigenvalue weighted by molar-refractivity contribution is 0.100. The molecule has 0 saturated carbocycles. The molecule has 1 aliphatic carbocycles. The Kier molecular flexibility index (Phi) is 3.01. The molecule has 0 atom stereocenters. The number of carbonyl (C=O) groups excluding carboxylic acids is 2. The molecule has 0 radical (unpaired) electrons. The van der Waals surface area contributed by atoms with E-state index in [1.165, 1.54) is 22.3 Å². The average molecular weight is 264 g/mol. The number of rotatable bonds is 2. The van der Waals surface area contributed by atoms with E-state index in [4.69, 9.17) is 0 Å². The molecule has 0 aliphatic heterocycles. The van der Waals surface area contributed by atoms with Gasteiger partial charge in [0.1, 0.15) is 0 Å².